The molecule has 38 heavy (non-hydrogen) atoms. The summed E-state index contributed by atoms with van der Waals surface area (Å²) >= 11 is 0. The van der Waals surface area contributed by atoms with Crippen molar-refractivity contribution in [3.05, 3.63) is 83.4 Å². The fourth-order valence-electron chi connectivity index (χ4n) is 4.98. The Labute approximate surface area is 221 Å². The maximum Gasteiger partial charge on any atom is 0.305 e. The first kappa shape index (κ1) is 27.2. The molecule has 0 radical (unpaired) electrons. The number of fused-ring (bicyclic) bond motifs is 1. The second kappa shape index (κ2) is 11.7. The van der Waals surface area contributed by atoms with E-state index in [4.69, 9.17) is 18.9 Å². The lowest BCUT2D eigenvalue weighted by molar-refractivity contribution is -0.268. The van der Waals surface area contributed by atoms with Crippen molar-refractivity contribution >= 4 is 23.8 Å². The number of carbonyl (C=O) groups excluding carboxylic acids is 4. The van der Waals surface area contributed by atoms with Gasteiger partial charge >= 0.3 is 11.9 Å². The summed E-state index contributed by atoms with van der Waals surface area (Å²) in [7, 11) is 0. The third kappa shape index (κ3) is 5.84. The average molecular weight is 522 g/mol. The number of amides is 2. The van der Waals surface area contributed by atoms with E-state index in [9.17, 15) is 19.2 Å². The predicted molar refractivity (Wildman–Crippen MR) is 136 cm³/mol. The molecule has 2 aliphatic heterocycles. The topological polar surface area (TPSA) is 108 Å². The van der Waals surface area contributed by atoms with Crippen LogP contribution >= 0.6 is 0 Å². The lowest BCUT2D eigenvalue weighted by atomic mass is 9.82. The highest BCUT2D eigenvalue weighted by Gasteiger charge is 2.55. The molecule has 2 aliphatic rings. The maximum atomic E-state index is 13.5. The minimum absolute atomic E-state index is 0.134. The van der Waals surface area contributed by atoms with E-state index in [0.29, 0.717) is 6.42 Å². The van der Waals surface area contributed by atoms with Crippen molar-refractivity contribution in [1.29, 1.82) is 0 Å². The summed E-state index contributed by atoms with van der Waals surface area (Å²) in [6.45, 7) is 8.39. The van der Waals surface area contributed by atoms with Gasteiger partial charge in [0, 0.05) is 19.8 Å². The fraction of sp³-hybridized carbons (Fsp3) is 0.379. The summed E-state index contributed by atoms with van der Waals surface area (Å²) in [5.74, 6) is -2.72. The highest BCUT2D eigenvalue weighted by Crippen LogP contribution is 2.39. The zero-order valence-corrected chi connectivity index (χ0v) is 21.6. The highest BCUT2D eigenvalue weighted by atomic mass is 16.7. The molecule has 0 saturated carbocycles. The number of hydrogen-bond acceptors (Lipinski definition) is 8. The summed E-state index contributed by atoms with van der Waals surface area (Å²) < 4.78 is 23.4. The van der Waals surface area contributed by atoms with Crippen LogP contribution in [0.1, 0.15) is 53.5 Å². The minimum atomic E-state index is -1.35. The second-order valence-electron chi connectivity index (χ2n) is 9.56. The molecule has 200 valence electrons. The van der Waals surface area contributed by atoms with Gasteiger partial charge < -0.3 is 18.9 Å². The summed E-state index contributed by atoms with van der Waals surface area (Å²) in [4.78, 5) is 52.0. The molecule has 9 heteroatoms. The number of esters is 2. The Bertz CT molecular complexity index is 1190. The van der Waals surface area contributed by atoms with E-state index >= 15 is 0 Å². The van der Waals surface area contributed by atoms with Crippen molar-refractivity contribution in [1.82, 2.24) is 4.90 Å². The number of benzene rings is 2. The van der Waals surface area contributed by atoms with E-state index in [1.807, 2.05) is 37.3 Å². The van der Waals surface area contributed by atoms with Gasteiger partial charge in [0.15, 0.2) is 0 Å². The summed E-state index contributed by atoms with van der Waals surface area (Å²) in [5, 5.41) is 0. The van der Waals surface area contributed by atoms with Crippen molar-refractivity contribution in [2.75, 3.05) is 6.61 Å². The van der Waals surface area contributed by atoms with Gasteiger partial charge in [-0.25, -0.2) is 0 Å². The molecule has 4 rings (SSSR count). The van der Waals surface area contributed by atoms with Crippen LogP contribution in [0.4, 0.5) is 0 Å². The van der Waals surface area contributed by atoms with E-state index in [0.717, 1.165) is 16.0 Å². The van der Waals surface area contributed by atoms with E-state index in [2.05, 4.69) is 6.58 Å². The molecule has 1 saturated heterocycles. The summed E-state index contributed by atoms with van der Waals surface area (Å²) in [6.07, 6.45) is -2.56. The lowest BCUT2D eigenvalue weighted by Gasteiger charge is -2.48. The quantitative estimate of drug-likeness (QED) is 0.279. The van der Waals surface area contributed by atoms with Crippen LogP contribution in [-0.4, -0.2) is 59.8 Å². The van der Waals surface area contributed by atoms with E-state index in [-0.39, 0.29) is 24.3 Å². The highest BCUT2D eigenvalue weighted by molar-refractivity contribution is 6.21. The third-order valence-electron chi connectivity index (χ3n) is 6.55. The molecular formula is C29H31NO8. The first-order valence-corrected chi connectivity index (χ1v) is 12.4. The molecule has 0 bridgehead atoms. The molecule has 2 aromatic carbocycles. The first-order chi connectivity index (χ1) is 18.2. The van der Waals surface area contributed by atoms with Crippen molar-refractivity contribution in [2.45, 2.75) is 58.3 Å². The Morgan fingerprint density at radius 1 is 0.921 bits per heavy atom. The molecule has 0 unspecified atom stereocenters. The lowest BCUT2D eigenvalue weighted by Crippen LogP contribution is -2.64. The molecule has 0 spiro atoms. The number of allylic oxidation sites excluding steroid dienone is 1. The zero-order valence-electron chi connectivity index (χ0n) is 21.6. The first-order valence-electron chi connectivity index (χ1n) is 12.4. The molecular weight excluding hydrogens is 490 g/mol. The summed E-state index contributed by atoms with van der Waals surface area (Å²) in [6, 6.07) is 14.8. The van der Waals surface area contributed by atoms with E-state index in [1.54, 1.807) is 24.3 Å². The molecule has 0 N–H and O–H groups in total. The van der Waals surface area contributed by atoms with Gasteiger partial charge in [0.05, 0.1) is 23.8 Å². The van der Waals surface area contributed by atoms with Crippen LogP contribution in [-0.2, 0) is 35.1 Å². The van der Waals surface area contributed by atoms with Crippen LogP contribution in [0.5, 0.6) is 0 Å². The number of rotatable bonds is 9. The van der Waals surface area contributed by atoms with Crippen molar-refractivity contribution in [3.63, 3.8) is 0 Å². The Kier molecular flexibility index (Phi) is 8.38. The molecule has 1 fully saturated rings. The number of hydrogen-bond donors (Lipinski definition) is 0. The Balaban J connectivity index is 1.79. The predicted octanol–water partition coefficient (Wildman–Crippen LogP) is 3.67. The van der Waals surface area contributed by atoms with Gasteiger partial charge in [0.25, 0.3) is 11.8 Å². The normalized spacial score (nSPS) is 24.6. The molecule has 2 heterocycles. The van der Waals surface area contributed by atoms with Crippen LogP contribution in [0.3, 0.4) is 0 Å². The standard InChI is InChI=1S/C29H31NO8/c1-17(2)14-23-24(16-35-18(3)31)38-29(37-19(4)32)25(26(23)36-15-20-10-6-5-7-11-20)30-27(33)21-12-8-9-13-22(21)28(30)34/h5-13,23-26,29H,1,14-16H2,2-4H3/t23-,24-,25-,26+,29-/m1/s1. The molecule has 0 aromatic heterocycles. The van der Waals surface area contributed by atoms with Crippen molar-refractivity contribution in [2.24, 2.45) is 5.92 Å². The Hall–Kier alpha value is -3.82. The Morgan fingerprint density at radius 2 is 1.53 bits per heavy atom. The van der Waals surface area contributed by atoms with E-state index < -0.39 is 54.2 Å². The maximum absolute atomic E-state index is 13.5. The number of nitrogens with zero attached hydrogens (tertiary/aromatic N) is 1. The Morgan fingerprint density at radius 3 is 2.08 bits per heavy atom. The van der Waals surface area contributed by atoms with E-state index in [1.165, 1.54) is 13.8 Å². The number of carbonyl (C=O) groups is 4. The van der Waals surface area contributed by atoms with Crippen LogP contribution in [0.2, 0.25) is 0 Å². The van der Waals surface area contributed by atoms with Gasteiger partial charge in [-0.2, -0.15) is 0 Å². The molecule has 5 atom stereocenters. The van der Waals surface area contributed by atoms with Gasteiger partial charge in [0.1, 0.15) is 18.8 Å². The minimum Gasteiger partial charge on any atom is -0.463 e. The largest absolute Gasteiger partial charge is 0.463 e. The van der Waals surface area contributed by atoms with Crippen LogP contribution in [0.15, 0.2) is 66.7 Å². The molecule has 9 nitrogen and oxygen atoms in total. The van der Waals surface area contributed by atoms with Crippen molar-refractivity contribution in [3.8, 4) is 0 Å². The average Bonchev–Trinajstić information content (AvgIpc) is 3.12. The van der Waals surface area contributed by atoms with Crippen LogP contribution in [0, 0.1) is 5.92 Å². The fourth-order valence-corrected chi connectivity index (χ4v) is 4.98. The second-order valence-corrected chi connectivity index (χ2v) is 9.56. The van der Waals surface area contributed by atoms with Gasteiger partial charge in [-0.1, -0.05) is 48.0 Å². The monoisotopic (exact) mass is 521 g/mol. The molecule has 0 aliphatic carbocycles. The molecule has 2 aromatic rings. The number of imide groups is 1. The van der Waals surface area contributed by atoms with Gasteiger partial charge in [-0.15, -0.1) is 6.58 Å². The van der Waals surface area contributed by atoms with Gasteiger partial charge in [0.2, 0.25) is 6.29 Å². The summed E-state index contributed by atoms with van der Waals surface area (Å²) in [5.41, 5.74) is 2.17. The molecule has 2 amide bonds. The van der Waals surface area contributed by atoms with Gasteiger partial charge in [-0.05, 0) is 31.0 Å². The van der Waals surface area contributed by atoms with Crippen molar-refractivity contribution < 1.29 is 38.1 Å². The smallest absolute Gasteiger partial charge is 0.305 e. The zero-order chi connectivity index (χ0) is 27.4. The van der Waals surface area contributed by atoms with Gasteiger partial charge in [-0.3, -0.25) is 24.1 Å². The SMILES string of the molecule is C=C(C)C[C@H]1[C@H](OCc2ccccc2)[C@@H](N2C(=O)c3ccccc3C2=O)[C@H](OC(C)=O)O[C@@H]1COC(C)=O. The third-order valence-corrected chi connectivity index (χ3v) is 6.55. The van der Waals surface area contributed by atoms with Crippen LogP contribution < -0.4 is 0 Å². The number of ether oxygens (including phenoxy) is 4. The van der Waals surface area contributed by atoms with Crippen LogP contribution in [0.25, 0.3) is 0 Å².